The number of hydroxylamine groups is 1. The molecule has 0 amide bonds. The van der Waals surface area contributed by atoms with Gasteiger partial charge < -0.3 is 15.4 Å². The number of carbonyl (C=O) groups is 1. The van der Waals surface area contributed by atoms with E-state index in [1.54, 1.807) is 17.6 Å². The Morgan fingerprint density at radius 3 is 2.36 bits per heavy atom. The molecule has 0 aliphatic rings. The van der Waals surface area contributed by atoms with Crippen LogP contribution in [0, 0.1) is 0 Å². The van der Waals surface area contributed by atoms with Crippen LogP contribution >= 0.6 is 0 Å². The van der Waals surface area contributed by atoms with Gasteiger partial charge >= 0.3 is 5.97 Å². The van der Waals surface area contributed by atoms with E-state index < -0.39 is 12.0 Å². The normalized spacial score (nSPS) is 12.4. The molecule has 0 aliphatic heterocycles. The van der Waals surface area contributed by atoms with Crippen LogP contribution in [-0.4, -0.2) is 27.4 Å². The smallest absolute Gasteiger partial charge is 0.323 e. The first-order valence-electron chi connectivity index (χ1n) is 4.04. The number of carboxylic acids is 1. The molecule has 0 bridgehead atoms. The van der Waals surface area contributed by atoms with Crippen LogP contribution in [0.3, 0.4) is 0 Å². The highest BCUT2D eigenvalue weighted by molar-refractivity contribution is 5.73. The topological polar surface area (TPSA) is 89.8 Å². The van der Waals surface area contributed by atoms with E-state index in [2.05, 4.69) is 0 Å². The van der Waals surface area contributed by atoms with Crippen LogP contribution in [0.15, 0.2) is 24.3 Å². The van der Waals surface area contributed by atoms with Gasteiger partial charge in [-0.15, -0.1) is 0 Å². The monoisotopic (exact) mass is 197 g/mol. The molecule has 1 unspecified atom stereocenters. The van der Waals surface area contributed by atoms with Crippen molar-refractivity contribution in [2.24, 2.45) is 0 Å². The van der Waals surface area contributed by atoms with E-state index in [-0.39, 0.29) is 12.2 Å². The average Bonchev–Trinajstić information content (AvgIpc) is 2.16. The first kappa shape index (κ1) is 10.5. The molecule has 4 N–H and O–H groups in total. The Morgan fingerprint density at radius 1 is 1.36 bits per heavy atom. The molecule has 76 valence electrons. The third-order valence-corrected chi connectivity index (χ3v) is 1.83. The first-order chi connectivity index (χ1) is 6.63. The van der Waals surface area contributed by atoms with E-state index in [1.807, 2.05) is 0 Å². The van der Waals surface area contributed by atoms with Crippen molar-refractivity contribution in [3.8, 4) is 5.75 Å². The highest BCUT2D eigenvalue weighted by Crippen LogP contribution is 2.11. The molecular weight excluding hydrogens is 186 g/mol. The van der Waals surface area contributed by atoms with Gasteiger partial charge in [-0.1, -0.05) is 12.1 Å². The Kier molecular flexibility index (Phi) is 3.44. The molecule has 1 atom stereocenters. The minimum absolute atomic E-state index is 0.123. The number of phenolic OH excluding ortho intramolecular Hbond substituents is 1. The highest BCUT2D eigenvalue weighted by Gasteiger charge is 2.16. The second kappa shape index (κ2) is 4.59. The lowest BCUT2D eigenvalue weighted by Gasteiger charge is -2.09. The summed E-state index contributed by atoms with van der Waals surface area (Å²) in [6.07, 6.45) is 0.159. The van der Waals surface area contributed by atoms with E-state index in [0.29, 0.717) is 0 Å². The molecule has 5 heteroatoms. The van der Waals surface area contributed by atoms with Gasteiger partial charge in [-0.2, -0.15) is 5.48 Å². The molecule has 1 aromatic rings. The minimum atomic E-state index is -1.12. The van der Waals surface area contributed by atoms with Crippen LogP contribution in [0.5, 0.6) is 5.75 Å². The zero-order chi connectivity index (χ0) is 10.6. The summed E-state index contributed by atoms with van der Waals surface area (Å²) in [5.41, 5.74) is 2.42. The number of carboxylic acid groups (broad SMARTS) is 1. The van der Waals surface area contributed by atoms with E-state index >= 15 is 0 Å². The molecule has 0 aromatic heterocycles. The predicted molar refractivity (Wildman–Crippen MR) is 48.2 cm³/mol. The Morgan fingerprint density at radius 2 is 1.93 bits per heavy atom. The van der Waals surface area contributed by atoms with Crippen molar-refractivity contribution < 1.29 is 20.2 Å². The van der Waals surface area contributed by atoms with Crippen LogP contribution in [-0.2, 0) is 11.2 Å². The van der Waals surface area contributed by atoms with Crippen molar-refractivity contribution in [3.05, 3.63) is 29.8 Å². The van der Waals surface area contributed by atoms with Gasteiger partial charge in [0.25, 0.3) is 0 Å². The lowest BCUT2D eigenvalue weighted by Crippen LogP contribution is -2.36. The molecule has 14 heavy (non-hydrogen) atoms. The number of phenols is 1. The van der Waals surface area contributed by atoms with Gasteiger partial charge in [0, 0.05) is 6.42 Å². The van der Waals surface area contributed by atoms with Crippen molar-refractivity contribution in [1.29, 1.82) is 0 Å². The van der Waals surface area contributed by atoms with E-state index in [9.17, 15) is 4.79 Å². The number of hydrogen-bond donors (Lipinski definition) is 4. The molecule has 1 rings (SSSR count). The maximum Gasteiger partial charge on any atom is 0.323 e. The third-order valence-electron chi connectivity index (χ3n) is 1.83. The fourth-order valence-corrected chi connectivity index (χ4v) is 1.06. The summed E-state index contributed by atoms with van der Waals surface area (Å²) >= 11 is 0. The van der Waals surface area contributed by atoms with Crippen molar-refractivity contribution in [1.82, 2.24) is 5.48 Å². The van der Waals surface area contributed by atoms with Crippen LogP contribution in [0.25, 0.3) is 0 Å². The van der Waals surface area contributed by atoms with E-state index in [4.69, 9.17) is 15.4 Å². The lowest BCUT2D eigenvalue weighted by atomic mass is 10.1. The SMILES string of the molecule is O=C(O)C(Cc1ccc(O)cc1)NO. The van der Waals surface area contributed by atoms with Gasteiger partial charge in [-0.25, -0.2) is 0 Å². The molecule has 0 saturated heterocycles. The van der Waals surface area contributed by atoms with Crippen molar-refractivity contribution in [2.75, 3.05) is 0 Å². The second-order valence-electron chi connectivity index (χ2n) is 2.89. The molecule has 0 spiro atoms. The summed E-state index contributed by atoms with van der Waals surface area (Å²) in [5.74, 6) is -1.00. The zero-order valence-electron chi connectivity index (χ0n) is 7.34. The van der Waals surface area contributed by atoms with Gasteiger partial charge in [0.2, 0.25) is 0 Å². The summed E-state index contributed by atoms with van der Waals surface area (Å²) in [7, 11) is 0. The van der Waals surface area contributed by atoms with Crippen LogP contribution in [0.1, 0.15) is 5.56 Å². The van der Waals surface area contributed by atoms with Crippen molar-refractivity contribution >= 4 is 5.97 Å². The highest BCUT2D eigenvalue weighted by atomic mass is 16.5. The van der Waals surface area contributed by atoms with Gasteiger partial charge in [-0.05, 0) is 17.7 Å². The fraction of sp³-hybridized carbons (Fsp3) is 0.222. The van der Waals surface area contributed by atoms with E-state index in [0.717, 1.165) is 5.56 Å². The Balaban J connectivity index is 2.67. The zero-order valence-corrected chi connectivity index (χ0v) is 7.34. The Hall–Kier alpha value is -1.59. The van der Waals surface area contributed by atoms with Crippen molar-refractivity contribution in [2.45, 2.75) is 12.5 Å². The van der Waals surface area contributed by atoms with Crippen LogP contribution in [0.2, 0.25) is 0 Å². The number of aromatic hydroxyl groups is 1. The summed E-state index contributed by atoms with van der Waals surface area (Å²) in [6.45, 7) is 0. The molecule has 0 aliphatic carbocycles. The Bertz CT molecular complexity index is 309. The third kappa shape index (κ3) is 2.72. The first-order valence-corrected chi connectivity index (χ1v) is 4.04. The average molecular weight is 197 g/mol. The molecule has 0 radical (unpaired) electrons. The summed E-state index contributed by atoms with van der Waals surface area (Å²) in [4.78, 5) is 10.5. The number of rotatable bonds is 4. The number of benzene rings is 1. The summed E-state index contributed by atoms with van der Waals surface area (Å²) in [6, 6.07) is 5.10. The summed E-state index contributed by atoms with van der Waals surface area (Å²) in [5, 5.41) is 26.1. The quantitative estimate of drug-likeness (QED) is 0.523. The Labute approximate surface area is 80.6 Å². The van der Waals surface area contributed by atoms with Gasteiger partial charge in [-0.3, -0.25) is 4.79 Å². The standard InChI is InChI=1S/C9H11NO4/c11-7-3-1-6(2-4-7)5-8(10-14)9(12)13/h1-4,8,10-11,14H,5H2,(H,12,13). The maximum atomic E-state index is 10.5. The fourth-order valence-electron chi connectivity index (χ4n) is 1.06. The van der Waals surface area contributed by atoms with Gasteiger partial charge in [0.1, 0.15) is 11.8 Å². The minimum Gasteiger partial charge on any atom is -0.508 e. The molecule has 0 heterocycles. The van der Waals surface area contributed by atoms with E-state index in [1.165, 1.54) is 12.1 Å². The van der Waals surface area contributed by atoms with Crippen LogP contribution < -0.4 is 5.48 Å². The molecule has 1 aromatic carbocycles. The molecule has 5 nitrogen and oxygen atoms in total. The number of nitrogens with one attached hydrogen (secondary N) is 1. The lowest BCUT2D eigenvalue weighted by molar-refractivity contribution is -0.142. The predicted octanol–water partition coefficient (Wildman–Crippen LogP) is 0.367. The van der Waals surface area contributed by atoms with Crippen LogP contribution in [0.4, 0.5) is 0 Å². The van der Waals surface area contributed by atoms with Gasteiger partial charge in [0.05, 0.1) is 0 Å². The molecule has 0 saturated carbocycles. The van der Waals surface area contributed by atoms with Crippen molar-refractivity contribution in [3.63, 3.8) is 0 Å². The largest absolute Gasteiger partial charge is 0.508 e. The molecular formula is C9H11NO4. The number of hydrogen-bond acceptors (Lipinski definition) is 4. The maximum absolute atomic E-state index is 10.5. The summed E-state index contributed by atoms with van der Waals surface area (Å²) < 4.78 is 0. The number of aliphatic carboxylic acids is 1. The second-order valence-corrected chi connectivity index (χ2v) is 2.89. The molecule has 0 fully saturated rings. The van der Waals surface area contributed by atoms with Gasteiger partial charge in [0.15, 0.2) is 0 Å².